The summed E-state index contributed by atoms with van der Waals surface area (Å²) >= 11 is 3.50. The van der Waals surface area contributed by atoms with Crippen molar-refractivity contribution in [3.05, 3.63) is 33.8 Å². The first-order valence-corrected chi connectivity index (χ1v) is 5.25. The number of aryl methyl sites for hydroxylation is 1. The van der Waals surface area contributed by atoms with E-state index in [4.69, 9.17) is 4.74 Å². The van der Waals surface area contributed by atoms with Crippen molar-refractivity contribution in [2.45, 2.75) is 19.3 Å². The number of hydrogen-bond acceptors (Lipinski definition) is 1. The summed E-state index contributed by atoms with van der Waals surface area (Å²) in [6, 6.07) is 6.45. The molecule has 0 aromatic heterocycles. The molecule has 0 atom stereocenters. The van der Waals surface area contributed by atoms with Crippen molar-refractivity contribution in [2.75, 3.05) is 13.2 Å². The quantitative estimate of drug-likeness (QED) is 0.734. The van der Waals surface area contributed by atoms with E-state index < -0.39 is 0 Å². The molecule has 0 radical (unpaired) electrons. The molecule has 1 aliphatic heterocycles. The van der Waals surface area contributed by atoms with Gasteiger partial charge in [-0.05, 0) is 30.2 Å². The van der Waals surface area contributed by atoms with Gasteiger partial charge in [-0.15, -0.1) is 0 Å². The molecular formula is C11H13BrO. The van der Waals surface area contributed by atoms with Gasteiger partial charge in [0.2, 0.25) is 0 Å². The third kappa shape index (κ3) is 1.53. The first kappa shape index (κ1) is 9.22. The van der Waals surface area contributed by atoms with Crippen molar-refractivity contribution in [3.63, 3.8) is 0 Å². The number of halogens is 1. The monoisotopic (exact) mass is 240 g/mol. The van der Waals surface area contributed by atoms with Gasteiger partial charge in [0.25, 0.3) is 0 Å². The summed E-state index contributed by atoms with van der Waals surface area (Å²) in [5.74, 6) is 0. The van der Waals surface area contributed by atoms with Gasteiger partial charge in [-0.1, -0.05) is 28.9 Å². The molecule has 70 valence electrons. The highest BCUT2D eigenvalue weighted by atomic mass is 79.9. The molecule has 1 heterocycles. The standard InChI is InChI=1S/C11H13BrO/c1-8-3-4-9(12)5-10(8)11(2)6-13-7-11/h3-5H,6-7H2,1-2H3. The minimum Gasteiger partial charge on any atom is -0.379 e. The van der Waals surface area contributed by atoms with Gasteiger partial charge in [0.15, 0.2) is 0 Å². The van der Waals surface area contributed by atoms with Crippen molar-refractivity contribution in [2.24, 2.45) is 0 Å². The van der Waals surface area contributed by atoms with Crippen molar-refractivity contribution >= 4 is 15.9 Å². The van der Waals surface area contributed by atoms with Gasteiger partial charge < -0.3 is 4.74 Å². The third-order valence-electron chi connectivity index (χ3n) is 2.69. The predicted octanol–water partition coefficient (Wildman–Crippen LogP) is 3.05. The zero-order valence-electron chi connectivity index (χ0n) is 7.93. The van der Waals surface area contributed by atoms with E-state index >= 15 is 0 Å². The van der Waals surface area contributed by atoms with Gasteiger partial charge in [-0.25, -0.2) is 0 Å². The van der Waals surface area contributed by atoms with E-state index in [0.717, 1.165) is 17.7 Å². The Hall–Kier alpha value is -0.340. The Balaban J connectivity index is 2.43. The van der Waals surface area contributed by atoms with Crippen LogP contribution in [0.5, 0.6) is 0 Å². The second kappa shape index (κ2) is 3.10. The highest BCUT2D eigenvalue weighted by molar-refractivity contribution is 9.10. The molecule has 1 aliphatic rings. The molecule has 1 fully saturated rings. The Labute approximate surface area is 87.2 Å². The predicted molar refractivity (Wildman–Crippen MR) is 57.1 cm³/mol. The summed E-state index contributed by atoms with van der Waals surface area (Å²) in [7, 11) is 0. The molecule has 2 heteroatoms. The van der Waals surface area contributed by atoms with Gasteiger partial charge >= 0.3 is 0 Å². The summed E-state index contributed by atoms with van der Waals surface area (Å²) in [5, 5.41) is 0. The highest BCUT2D eigenvalue weighted by Gasteiger charge is 2.36. The fourth-order valence-electron chi connectivity index (χ4n) is 1.81. The van der Waals surface area contributed by atoms with Crippen LogP contribution in [0, 0.1) is 6.92 Å². The first-order chi connectivity index (χ1) is 6.12. The van der Waals surface area contributed by atoms with E-state index in [9.17, 15) is 0 Å². The molecule has 1 aromatic carbocycles. The van der Waals surface area contributed by atoms with Crippen LogP contribution in [-0.2, 0) is 10.2 Å². The molecule has 0 unspecified atom stereocenters. The lowest BCUT2D eigenvalue weighted by Crippen LogP contribution is -2.44. The maximum Gasteiger partial charge on any atom is 0.0583 e. The first-order valence-electron chi connectivity index (χ1n) is 4.46. The second-order valence-corrected chi connectivity index (χ2v) is 4.93. The Kier molecular flexibility index (Phi) is 2.20. The molecule has 0 aliphatic carbocycles. The molecule has 1 aromatic rings. The average Bonchev–Trinajstić information content (AvgIpc) is 2.05. The molecule has 0 N–H and O–H groups in total. The highest BCUT2D eigenvalue weighted by Crippen LogP contribution is 2.35. The molecular weight excluding hydrogens is 228 g/mol. The van der Waals surface area contributed by atoms with Crippen LogP contribution < -0.4 is 0 Å². The molecule has 0 amide bonds. The molecule has 0 bridgehead atoms. The SMILES string of the molecule is Cc1ccc(Br)cc1C1(C)COC1. The fourth-order valence-corrected chi connectivity index (χ4v) is 2.17. The van der Waals surface area contributed by atoms with Gasteiger partial charge in [0.05, 0.1) is 13.2 Å². The fraction of sp³-hybridized carbons (Fsp3) is 0.455. The van der Waals surface area contributed by atoms with Crippen LogP contribution in [0.15, 0.2) is 22.7 Å². The van der Waals surface area contributed by atoms with Gasteiger partial charge in [0, 0.05) is 9.89 Å². The summed E-state index contributed by atoms with van der Waals surface area (Å²) < 4.78 is 6.43. The summed E-state index contributed by atoms with van der Waals surface area (Å²) in [6.07, 6.45) is 0. The van der Waals surface area contributed by atoms with E-state index in [0.29, 0.717) is 0 Å². The number of hydrogen-bond donors (Lipinski definition) is 0. The normalized spacial score (nSPS) is 19.6. The van der Waals surface area contributed by atoms with Gasteiger partial charge in [-0.2, -0.15) is 0 Å². The average molecular weight is 241 g/mol. The Morgan fingerprint density at radius 2 is 2.08 bits per heavy atom. The molecule has 13 heavy (non-hydrogen) atoms. The molecule has 0 saturated carbocycles. The van der Waals surface area contributed by atoms with Crippen LogP contribution in [0.2, 0.25) is 0 Å². The number of ether oxygens (including phenoxy) is 1. The Morgan fingerprint density at radius 1 is 1.38 bits per heavy atom. The summed E-state index contributed by atoms with van der Waals surface area (Å²) in [5.41, 5.74) is 3.01. The van der Waals surface area contributed by atoms with Gasteiger partial charge in [0.1, 0.15) is 0 Å². The second-order valence-electron chi connectivity index (χ2n) is 4.01. The van der Waals surface area contributed by atoms with Crippen molar-refractivity contribution in [3.8, 4) is 0 Å². The third-order valence-corrected chi connectivity index (χ3v) is 3.18. The van der Waals surface area contributed by atoms with E-state index in [1.165, 1.54) is 11.1 Å². The maximum absolute atomic E-state index is 5.27. The van der Waals surface area contributed by atoms with Crippen LogP contribution in [0.1, 0.15) is 18.1 Å². The minimum atomic E-state index is 0.244. The zero-order chi connectivity index (χ0) is 9.47. The molecule has 1 nitrogen and oxygen atoms in total. The maximum atomic E-state index is 5.27. The van der Waals surface area contributed by atoms with Crippen molar-refractivity contribution < 1.29 is 4.74 Å². The van der Waals surface area contributed by atoms with Crippen molar-refractivity contribution in [1.29, 1.82) is 0 Å². The lowest BCUT2D eigenvalue weighted by atomic mass is 9.79. The topological polar surface area (TPSA) is 9.23 Å². The Morgan fingerprint density at radius 3 is 2.62 bits per heavy atom. The minimum absolute atomic E-state index is 0.244. The summed E-state index contributed by atoms with van der Waals surface area (Å²) in [6.45, 7) is 6.12. The number of benzene rings is 1. The van der Waals surface area contributed by atoms with E-state index in [1.54, 1.807) is 0 Å². The molecule has 0 spiro atoms. The van der Waals surface area contributed by atoms with Gasteiger partial charge in [-0.3, -0.25) is 0 Å². The largest absolute Gasteiger partial charge is 0.379 e. The van der Waals surface area contributed by atoms with Crippen LogP contribution in [0.3, 0.4) is 0 Å². The van der Waals surface area contributed by atoms with Crippen LogP contribution in [-0.4, -0.2) is 13.2 Å². The smallest absolute Gasteiger partial charge is 0.0583 e. The van der Waals surface area contributed by atoms with Crippen LogP contribution in [0.25, 0.3) is 0 Å². The molecule has 2 rings (SSSR count). The molecule has 1 saturated heterocycles. The van der Waals surface area contributed by atoms with Crippen LogP contribution >= 0.6 is 15.9 Å². The van der Waals surface area contributed by atoms with E-state index in [2.05, 4.69) is 48.0 Å². The van der Waals surface area contributed by atoms with E-state index in [1.807, 2.05) is 0 Å². The lowest BCUT2D eigenvalue weighted by Gasteiger charge is -2.39. The number of rotatable bonds is 1. The van der Waals surface area contributed by atoms with Crippen molar-refractivity contribution in [1.82, 2.24) is 0 Å². The lowest BCUT2D eigenvalue weighted by molar-refractivity contribution is -0.0503. The summed E-state index contributed by atoms with van der Waals surface area (Å²) in [4.78, 5) is 0. The zero-order valence-corrected chi connectivity index (χ0v) is 9.52. The van der Waals surface area contributed by atoms with E-state index in [-0.39, 0.29) is 5.41 Å². The Bertz CT molecular complexity index is 329. The van der Waals surface area contributed by atoms with Crippen LogP contribution in [0.4, 0.5) is 0 Å².